The molecule has 2 nitrogen and oxygen atoms in total. The van der Waals surface area contributed by atoms with Gasteiger partial charge in [0.15, 0.2) is 0 Å². The largest absolute Gasteiger partial charge is 0.321 e. The summed E-state index contributed by atoms with van der Waals surface area (Å²) in [6, 6.07) is 1.75. The number of hydrogen-bond donors (Lipinski definition) is 1. The van der Waals surface area contributed by atoms with Gasteiger partial charge in [0.2, 0.25) is 0 Å². The predicted octanol–water partition coefficient (Wildman–Crippen LogP) is 3.61. The summed E-state index contributed by atoms with van der Waals surface area (Å²) < 4.78 is 14.0. The lowest BCUT2D eigenvalue weighted by atomic mass is 9.60. The van der Waals surface area contributed by atoms with Crippen molar-refractivity contribution in [2.75, 3.05) is 0 Å². The summed E-state index contributed by atoms with van der Waals surface area (Å²) >= 11 is 0. The third kappa shape index (κ3) is 2.28. The normalized spacial score (nSPS) is 29.3. The first-order chi connectivity index (χ1) is 8.36. The van der Waals surface area contributed by atoms with E-state index in [1.165, 1.54) is 12.6 Å². The third-order valence-corrected chi connectivity index (χ3v) is 4.27. The quantitative estimate of drug-likeness (QED) is 0.827. The number of hydrogen-bond acceptors (Lipinski definition) is 2. The number of nitrogens with zero attached hydrogens (tertiary/aromatic N) is 1. The fourth-order valence-electron chi connectivity index (χ4n) is 3.48. The van der Waals surface area contributed by atoms with Crippen LogP contribution in [0.15, 0.2) is 18.5 Å². The van der Waals surface area contributed by atoms with Crippen molar-refractivity contribution in [3.05, 3.63) is 29.8 Å². The summed E-state index contributed by atoms with van der Waals surface area (Å²) in [5, 5.41) is 0. The molecule has 1 fully saturated rings. The molecular formula is C15H23FN2. The first-order valence-electron chi connectivity index (χ1n) is 6.74. The molecule has 2 rings (SSSR count). The lowest BCUT2D eigenvalue weighted by Crippen LogP contribution is -2.51. The van der Waals surface area contributed by atoms with E-state index in [0.29, 0.717) is 11.5 Å². The molecule has 3 heteroatoms. The molecule has 100 valence electrons. The highest BCUT2D eigenvalue weighted by Gasteiger charge is 2.45. The van der Waals surface area contributed by atoms with Gasteiger partial charge >= 0.3 is 0 Å². The third-order valence-electron chi connectivity index (χ3n) is 4.27. The van der Waals surface area contributed by atoms with E-state index in [9.17, 15) is 4.39 Å². The number of halogens is 1. The highest BCUT2D eigenvalue weighted by molar-refractivity contribution is 5.26. The Morgan fingerprint density at radius 3 is 2.72 bits per heavy atom. The fraction of sp³-hybridized carbons (Fsp3) is 0.667. The molecule has 0 radical (unpaired) electrons. The lowest BCUT2D eigenvalue weighted by Gasteiger charge is -2.48. The summed E-state index contributed by atoms with van der Waals surface area (Å²) in [4.78, 5) is 3.83. The van der Waals surface area contributed by atoms with E-state index in [4.69, 9.17) is 5.73 Å². The van der Waals surface area contributed by atoms with Crippen LogP contribution in [0.5, 0.6) is 0 Å². The number of rotatable bonds is 1. The molecule has 18 heavy (non-hydrogen) atoms. The minimum atomic E-state index is -0.552. The van der Waals surface area contributed by atoms with Crippen LogP contribution in [0.25, 0.3) is 0 Å². The summed E-state index contributed by atoms with van der Waals surface area (Å²) in [6.07, 6.45) is 7.11. The molecule has 1 saturated carbocycles. The van der Waals surface area contributed by atoms with E-state index in [1.54, 1.807) is 12.3 Å². The molecule has 2 N–H and O–H groups in total. The molecule has 0 aliphatic heterocycles. The topological polar surface area (TPSA) is 38.9 Å². The van der Waals surface area contributed by atoms with Gasteiger partial charge in [-0.2, -0.15) is 0 Å². The second-order valence-corrected chi connectivity index (χ2v) is 6.56. The lowest BCUT2D eigenvalue weighted by molar-refractivity contribution is 0.0751. The van der Waals surface area contributed by atoms with Crippen LogP contribution in [0.4, 0.5) is 4.39 Å². The Kier molecular flexibility index (Phi) is 3.45. The van der Waals surface area contributed by atoms with Crippen molar-refractivity contribution in [2.24, 2.45) is 17.1 Å². The van der Waals surface area contributed by atoms with Crippen molar-refractivity contribution in [3.8, 4) is 0 Å². The Morgan fingerprint density at radius 1 is 1.39 bits per heavy atom. The Labute approximate surface area is 109 Å². The summed E-state index contributed by atoms with van der Waals surface area (Å²) in [7, 11) is 0. The van der Waals surface area contributed by atoms with Crippen LogP contribution in [0.3, 0.4) is 0 Å². The van der Waals surface area contributed by atoms with Gasteiger partial charge in [-0.25, -0.2) is 4.39 Å². The number of nitrogens with two attached hydrogens (primary N) is 1. The highest BCUT2D eigenvalue weighted by atomic mass is 19.1. The van der Waals surface area contributed by atoms with Gasteiger partial charge in [0.25, 0.3) is 0 Å². The summed E-state index contributed by atoms with van der Waals surface area (Å²) in [6.45, 7) is 6.59. The van der Waals surface area contributed by atoms with Gasteiger partial charge in [0.1, 0.15) is 5.82 Å². The first kappa shape index (κ1) is 13.5. The van der Waals surface area contributed by atoms with Crippen LogP contribution in [0, 0.1) is 17.2 Å². The second-order valence-electron chi connectivity index (χ2n) is 6.56. The van der Waals surface area contributed by atoms with Gasteiger partial charge in [-0.1, -0.05) is 33.6 Å². The first-order valence-corrected chi connectivity index (χ1v) is 6.74. The zero-order valence-corrected chi connectivity index (χ0v) is 11.5. The molecule has 2 unspecified atom stereocenters. The van der Waals surface area contributed by atoms with Gasteiger partial charge in [-0.05, 0) is 30.2 Å². The molecule has 1 heterocycles. The second kappa shape index (κ2) is 4.61. The Hall–Kier alpha value is -0.960. The molecule has 1 aromatic heterocycles. The number of pyridine rings is 1. The van der Waals surface area contributed by atoms with E-state index < -0.39 is 5.54 Å². The van der Waals surface area contributed by atoms with Crippen LogP contribution in [0.2, 0.25) is 0 Å². The molecule has 2 atom stereocenters. The predicted molar refractivity (Wildman–Crippen MR) is 71.5 cm³/mol. The van der Waals surface area contributed by atoms with Gasteiger partial charge in [0.05, 0.1) is 6.20 Å². The van der Waals surface area contributed by atoms with E-state index >= 15 is 0 Å². The maximum atomic E-state index is 14.0. The van der Waals surface area contributed by atoms with Gasteiger partial charge in [0, 0.05) is 17.3 Å². The molecule has 0 bridgehead atoms. The van der Waals surface area contributed by atoms with E-state index in [0.717, 1.165) is 19.3 Å². The van der Waals surface area contributed by atoms with Crippen molar-refractivity contribution in [1.29, 1.82) is 0 Å². The van der Waals surface area contributed by atoms with Crippen LogP contribution < -0.4 is 5.73 Å². The van der Waals surface area contributed by atoms with Crippen molar-refractivity contribution in [2.45, 2.75) is 52.0 Å². The van der Waals surface area contributed by atoms with Crippen LogP contribution in [0.1, 0.15) is 52.0 Å². The van der Waals surface area contributed by atoms with E-state index in [1.807, 2.05) is 0 Å². The Morgan fingerprint density at radius 2 is 2.11 bits per heavy atom. The van der Waals surface area contributed by atoms with Crippen molar-refractivity contribution in [1.82, 2.24) is 4.98 Å². The number of aromatic nitrogens is 1. The Bertz CT molecular complexity index is 425. The minimum Gasteiger partial charge on any atom is -0.321 e. The van der Waals surface area contributed by atoms with Gasteiger partial charge < -0.3 is 5.73 Å². The smallest absolute Gasteiger partial charge is 0.146 e. The molecule has 0 aromatic carbocycles. The monoisotopic (exact) mass is 250 g/mol. The zero-order chi connectivity index (χ0) is 13.4. The maximum absolute atomic E-state index is 14.0. The standard InChI is InChI=1S/C15H23FN2/c1-14(2,3)13-6-4-5-8-15(13,17)11-7-9-18-10-12(11)16/h7,9-10,13H,4-6,8,17H2,1-3H3. The molecule has 1 aliphatic rings. The van der Waals surface area contributed by atoms with Crippen molar-refractivity contribution in [3.63, 3.8) is 0 Å². The van der Waals surface area contributed by atoms with Crippen LogP contribution in [-0.4, -0.2) is 4.98 Å². The summed E-state index contributed by atoms with van der Waals surface area (Å²) in [5.74, 6) is 0.0341. The molecule has 1 aromatic rings. The highest BCUT2D eigenvalue weighted by Crippen LogP contribution is 2.48. The minimum absolute atomic E-state index is 0.0882. The Balaban J connectivity index is 2.46. The SMILES string of the molecule is CC(C)(C)C1CCCCC1(N)c1ccncc1F. The average molecular weight is 250 g/mol. The van der Waals surface area contributed by atoms with Gasteiger partial charge in [-0.3, -0.25) is 4.98 Å². The fourth-order valence-corrected chi connectivity index (χ4v) is 3.48. The molecule has 0 spiro atoms. The van der Waals surface area contributed by atoms with Crippen molar-refractivity contribution >= 4 is 0 Å². The average Bonchev–Trinajstić information content (AvgIpc) is 2.28. The van der Waals surface area contributed by atoms with Gasteiger partial charge in [-0.15, -0.1) is 0 Å². The van der Waals surface area contributed by atoms with Crippen LogP contribution in [-0.2, 0) is 5.54 Å². The zero-order valence-electron chi connectivity index (χ0n) is 11.5. The summed E-state index contributed by atoms with van der Waals surface area (Å²) in [5.41, 5.74) is 6.82. The van der Waals surface area contributed by atoms with E-state index in [-0.39, 0.29) is 11.2 Å². The van der Waals surface area contributed by atoms with E-state index in [2.05, 4.69) is 25.8 Å². The molecule has 0 amide bonds. The van der Waals surface area contributed by atoms with Crippen molar-refractivity contribution < 1.29 is 4.39 Å². The van der Waals surface area contributed by atoms with Crippen LogP contribution >= 0.6 is 0 Å². The molecule has 0 saturated heterocycles. The molecule has 1 aliphatic carbocycles. The molecular weight excluding hydrogens is 227 g/mol. The maximum Gasteiger partial charge on any atom is 0.146 e.